The number of fused-ring (bicyclic) bond motifs is 1. The smallest absolute Gasteiger partial charge is 0.475 e. The van der Waals surface area contributed by atoms with Gasteiger partial charge in [-0.15, -0.1) is 0 Å². The van der Waals surface area contributed by atoms with Crippen LogP contribution in [-0.2, 0) is 19.1 Å². The molecule has 0 spiro atoms. The molecule has 2 saturated heterocycles. The number of ether oxygens (including phenoxy) is 2. The third kappa shape index (κ3) is 5.97. The van der Waals surface area contributed by atoms with Gasteiger partial charge in [-0.05, 0) is 0 Å². The molecule has 1 aromatic heterocycles. The SMILES string of the molecule is COCC(=O)NC[C@]12COC[C@H]1CN(c1ncc(F)cn1)C2.O=C(O)C(F)(F)F. The summed E-state index contributed by atoms with van der Waals surface area (Å²) in [5.41, 5.74) is -0.152. The largest absolute Gasteiger partial charge is 0.490 e. The van der Waals surface area contributed by atoms with Crippen molar-refractivity contribution in [3.63, 3.8) is 0 Å². The lowest BCUT2D eigenvalue weighted by atomic mass is 9.81. The maximum atomic E-state index is 12.9. The first-order chi connectivity index (χ1) is 13.6. The van der Waals surface area contributed by atoms with Gasteiger partial charge in [-0.3, -0.25) is 4.79 Å². The summed E-state index contributed by atoms with van der Waals surface area (Å²) >= 11 is 0. The second kappa shape index (κ2) is 9.31. The van der Waals surface area contributed by atoms with Crippen molar-refractivity contribution in [1.29, 1.82) is 0 Å². The van der Waals surface area contributed by atoms with E-state index in [0.717, 1.165) is 6.54 Å². The molecule has 13 heteroatoms. The van der Waals surface area contributed by atoms with Crippen LogP contribution in [0.15, 0.2) is 12.4 Å². The second-order valence-corrected chi connectivity index (χ2v) is 6.67. The van der Waals surface area contributed by atoms with E-state index in [-0.39, 0.29) is 17.9 Å². The third-order valence-electron chi connectivity index (χ3n) is 4.57. The zero-order chi connectivity index (χ0) is 21.7. The van der Waals surface area contributed by atoms with Crippen LogP contribution in [0.2, 0.25) is 0 Å². The Morgan fingerprint density at radius 3 is 2.59 bits per heavy atom. The van der Waals surface area contributed by atoms with E-state index < -0.39 is 18.0 Å². The number of nitrogens with zero attached hydrogens (tertiary/aromatic N) is 3. The van der Waals surface area contributed by atoms with Crippen molar-refractivity contribution in [3.8, 4) is 0 Å². The number of carbonyl (C=O) groups excluding carboxylic acids is 1. The van der Waals surface area contributed by atoms with Crippen LogP contribution in [0.3, 0.4) is 0 Å². The van der Waals surface area contributed by atoms with Crippen LogP contribution >= 0.6 is 0 Å². The van der Waals surface area contributed by atoms with E-state index in [1.807, 2.05) is 4.90 Å². The van der Waals surface area contributed by atoms with Crippen LogP contribution in [0.4, 0.5) is 23.5 Å². The van der Waals surface area contributed by atoms with Crippen LogP contribution in [0.5, 0.6) is 0 Å². The van der Waals surface area contributed by atoms with Crippen LogP contribution < -0.4 is 10.2 Å². The highest BCUT2D eigenvalue weighted by Crippen LogP contribution is 2.41. The molecule has 2 aliphatic rings. The Labute approximate surface area is 163 Å². The number of hydrogen-bond donors (Lipinski definition) is 2. The zero-order valence-corrected chi connectivity index (χ0v) is 15.4. The molecule has 0 radical (unpaired) electrons. The Morgan fingerprint density at radius 1 is 1.41 bits per heavy atom. The average Bonchev–Trinajstić information content (AvgIpc) is 3.18. The summed E-state index contributed by atoms with van der Waals surface area (Å²) in [6.45, 7) is 3.23. The molecule has 3 rings (SSSR count). The van der Waals surface area contributed by atoms with Gasteiger partial charge in [0.05, 0.1) is 25.6 Å². The minimum atomic E-state index is -5.08. The molecule has 1 amide bonds. The Bertz CT molecular complexity index is 718. The fourth-order valence-corrected chi connectivity index (χ4v) is 3.16. The summed E-state index contributed by atoms with van der Waals surface area (Å²) in [5, 5.41) is 10.0. The quantitative estimate of drug-likeness (QED) is 0.656. The molecular formula is C16H20F4N4O5. The highest BCUT2D eigenvalue weighted by atomic mass is 19.4. The summed E-state index contributed by atoms with van der Waals surface area (Å²) < 4.78 is 55.1. The lowest BCUT2D eigenvalue weighted by Crippen LogP contribution is -2.44. The molecule has 2 N–H and O–H groups in total. The molecule has 29 heavy (non-hydrogen) atoms. The summed E-state index contributed by atoms with van der Waals surface area (Å²) in [5.74, 6) is -2.54. The van der Waals surface area contributed by atoms with E-state index in [9.17, 15) is 22.4 Å². The van der Waals surface area contributed by atoms with E-state index in [4.69, 9.17) is 19.4 Å². The lowest BCUT2D eigenvalue weighted by Gasteiger charge is -2.27. The van der Waals surface area contributed by atoms with Gasteiger partial charge < -0.3 is 24.8 Å². The Morgan fingerprint density at radius 2 is 2.03 bits per heavy atom. The van der Waals surface area contributed by atoms with E-state index in [2.05, 4.69) is 15.3 Å². The van der Waals surface area contributed by atoms with Gasteiger partial charge in [-0.2, -0.15) is 13.2 Å². The summed E-state index contributed by atoms with van der Waals surface area (Å²) in [6.07, 6.45) is -2.75. The van der Waals surface area contributed by atoms with E-state index in [0.29, 0.717) is 38.2 Å². The number of amides is 1. The van der Waals surface area contributed by atoms with Gasteiger partial charge in [0.25, 0.3) is 0 Å². The predicted octanol–water partition coefficient (Wildman–Crippen LogP) is 0.464. The molecule has 2 aliphatic heterocycles. The molecular weight excluding hydrogens is 404 g/mol. The number of methoxy groups -OCH3 is 1. The maximum Gasteiger partial charge on any atom is 0.490 e. The minimum absolute atomic E-state index is 0.0480. The van der Waals surface area contributed by atoms with Crippen LogP contribution in [-0.4, -0.2) is 79.7 Å². The highest BCUT2D eigenvalue weighted by molar-refractivity contribution is 5.77. The Kier molecular flexibility index (Phi) is 7.30. The minimum Gasteiger partial charge on any atom is -0.475 e. The number of nitrogens with one attached hydrogen (secondary N) is 1. The number of halogens is 4. The molecule has 162 valence electrons. The molecule has 0 aromatic carbocycles. The molecule has 0 aliphatic carbocycles. The lowest BCUT2D eigenvalue weighted by molar-refractivity contribution is -0.192. The Balaban J connectivity index is 0.000000370. The highest BCUT2D eigenvalue weighted by Gasteiger charge is 2.51. The van der Waals surface area contributed by atoms with Crippen molar-refractivity contribution in [1.82, 2.24) is 15.3 Å². The van der Waals surface area contributed by atoms with Gasteiger partial charge in [-0.25, -0.2) is 19.2 Å². The number of aliphatic carboxylic acids is 1. The van der Waals surface area contributed by atoms with Crippen molar-refractivity contribution >= 4 is 17.8 Å². The monoisotopic (exact) mass is 424 g/mol. The van der Waals surface area contributed by atoms with Crippen molar-refractivity contribution in [2.24, 2.45) is 11.3 Å². The Hall–Kier alpha value is -2.54. The van der Waals surface area contributed by atoms with E-state index in [1.54, 1.807) is 0 Å². The average molecular weight is 424 g/mol. The van der Waals surface area contributed by atoms with Gasteiger partial charge in [0.1, 0.15) is 6.61 Å². The van der Waals surface area contributed by atoms with Crippen molar-refractivity contribution in [2.45, 2.75) is 6.18 Å². The zero-order valence-electron chi connectivity index (χ0n) is 15.4. The van der Waals surface area contributed by atoms with Crippen LogP contribution in [0.1, 0.15) is 0 Å². The van der Waals surface area contributed by atoms with Crippen molar-refractivity contribution in [2.75, 3.05) is 51.5 Å². The molecule has 0 saturated carbocycles. The number of rotatable bonds is 5. The number of alkyl halides is 3. The normalized spacial score (nSPS) is 23.2. The van der Waals surface area contributed by atoms with Crippen molar-refractivity contribution < 1.29 is 41.7 Å². The maximum absolute atomic E-state index is 12.9. The molecule has 3 heterocycles. The topological polar surface area (TPSA) is 114 Å². The molecule has 2 atom stereocenters. The molecule has 9 nitrogen and oxygen atoms in total. The second-order valence-electron chi connectivity index (χ2n) is 6.67. The van der Waals surface area contributed by atoms with Crippen LogP contribution in [0, 0.1) is 17.2 Å². The molecule has 0 bridgehead atoms. The molecule has 2 fully saturated rings. The van der Waals surface area contributed by atoms with E-state index in [1.165, 1.54) is 19.5 Å². The fourth-order valence-electron chi connectivity index (χ4n) is 3.16. The standard InChI is InChI=1S/C14H19FN4O3.C2HF3O2/c1-21-6-12(20)18-7-14-8-19(4-10(14)5-22-9-14)13-16-2-11(15)3-17-13;3-2(4,5)1(6)7/h2-3,10H,4-9H2,1H3,(H,18,20);(H,6,7)/t10-,14+;/m1./s1. The number of anilines is 1. The van der Waals surface area contributed by atoms with E-state index >= 15 is 0 Å². The number of carboxylic acid groups (broad SMARTS) is 1. The fraction of sp³-hybridized carbons (Fsp3) is 0.625. The number of carboxylic acids is 1. The third-order valence-corrected chi connectivity index (χ3v) is 4.57. The summed E-state index contributed by atoms with van der Waals surface area (Å²) in [4.78, 5) is 30.6. The van der Waals surface area contributed by atoms with Gasteiger partial charge in [-0.1, -0.05) is 0 Å². The number of carbonyl (C=O) groups is 2. The first kappa shape index (κ1) is 22.7. The van der Waals surface area contributed by atoms with Gasteiger partial charge >= 0.3 is 12.1 Å². The summed E-state index contributed by atoms with van der Waals surface area (Å²) in [7, 11) is 1.49. The first-order valence-corrected chi connectivity index (χ1v) is 8.43. The molecule has 0 unspecified atom stereocenters. The van der Waals surface area contributed by atoms with Gasteiger partial charge in [0.2, 0.25) is 11.9 Å². The van der Waals surface area contributed by atoms with Gasteiger partial charge in [0, 0.05) is 38.1 Å². The molecule has 1 aromatic rings. The van der Waals surface area contributed by atoms with Crippen molar-refractivity contribution in [3.05, 3.63) is 18.2 Å². The predicted molar refractivity (Wildman–Crippen MR) is 89.5 cm³/mol. The first-order valence-electron chi connectivity index (χ1n) is 8.43. The number of aromatic nitrogens is 2. The number of hydrogen-bond acceptors (Lipinski definition) is 7. The van der Waals surface area contributed by atoms with Gasteiger partial charge in [0.15, 0.2) is 5.82 Å². The summed E-state index contributed by atoms with van der Waals surface area (Å²) in [6, 6.07) is 0. The van der Waals surface area contributed by atoms with Crippen LogP contribution in [0.25, 0.3) is 0 Å².